The zero-order chi connectivity index (χ0) is 19.9. The van der Waals surface area contributed by atoms with Gasteiger partial charge >= 0.3 is 6.18 Å². The number of nitrogens with one attached hydrogen (secondary N) is 1. The van der Waals surface area contributed by atoms with Gasteiger partial charge in [0.2, 0.25) is 0 Å². The molecule has 3 nitrogen and oxygen atoms in total. The Morgan fingerprint density at radius 2 is 1.89 bits per heavy atom. The van der Waals surface area contributed by atoms with Crippen LogP contribution < -0.4 is 5.32 Å². The van der Waals surface area contributed by atoms with Crippen molar-refractivity contribution in [3.63, 3.8) is 0 Å². The second-order valence-corrected chi connectivity index (χ2v) is 9.32. The number of carbonyl (C=O) groups is 1. The molecule has 1 aliphatic carbocycles. The molecule has 1 unspecified atom stereocenters. The molecule has 1 N–H and O–H groups in total. The molecule has 150 valence electrons. The van der Waals surface area contributed by atoms with Gasteiger partial charge in [-0.2, -0.15) is 13.2 Å². The molecule has 27 heavy (non-hydrogen) atoms. The molecule has 1 atom stereocenters. The Hall–Kier alpha value is -1.56. The molecular weight excluding hydrogens is 353 g/mol. The number of alkyl halides is 3. The zero-order valence-corrected chi connectivity index (χ0v) is 16.3. The standard InChI is InChI=1S/C21H29F3N2O/c1-19(2,3)7-10-26-11-8-20(9-12-26)14-17(20)25-18(27)15-5-4-6-16(13-15)21(22,23)24/h4-6,13,17H,7-12,14H2,1-3H3,(H,25,27). The minimum Gasteiger partial charge on any atom is -0.349 e. The van der Waals surface area contributed by atoms with Crippen LogP contribution in [-0.2, 0) is 6.18 Å². The van der Waals surface area contributed by atoms with Gasteiger partial charge in [0.15, 0.2) is 0 Å². The molecule has 1 aromatic carbocycles. The lowest BCUT2D eigenvalue weighted by Crippen LogP contribution is -2.39. The van der Waals surface area contributed by atoms with E-state index in [0.717, 1.165) is 57.5 Å². The average molecular weight is 382 g/mol. The van der Waals surface area contributed by atoms with E-state index in [2.05, 4.69) is 31.0 Å². The van der Waals surface area contributed by atoms with Gasteiger partial charge in [-0.3, -0.25) is 4.79 Å². The minimum atomic E-state index is -4.43. The van der Waals surface area contributed by atoms with Gasteiger partial charge in [-0.1, -0.05) is 26.8 Å². The van der Waals surface area contributed by atoms with E-state index in [0.29, 0.717) is 5.41 Å². The number of amides is 1. The second-order valence-electron chi connectivity index (χ2n) is 9.32. The minimum absolute atomic E-state index is 0.0782. The SMILES string of the molecule is CC(C)(C)CCN1CCC2(CC1)CC2NC(=O)c1cccc(C(F)(F)F)c1. The fourth-order valence-corrected chi connectivity index (χ4v) is 3.90. The van der Waals surface area contributed by atoms with Crippen molar-refractivity contribution in [2.24, 2.45) is 10.8 Å². The molecule has 1 amide bonds. The van der Waals surface area contributed by atoms with E-state index in [1.54, 1.807) is 0 Å². The summed E-state index contributed by atoms with van der Waals surface area (Å²) in [5.41, 5.74) is -0.228. The molecule has 0 bridgehead atoms. The van der Waals surface area contributed by atoms with Crippen LogP contribution in [0.2, 0.25) is 0 Å². The fourth-order valence-electron chi connectivity index (χ4n) is 3.90. The monoisotopic (exact) mass is 382 g/mol. The summed E-state index contributed by atoms with van der Waals surface area (Å²) in [6.07, 6.45) is -0.243. The first-order chi connectivity index (χ1) is 12.5. The first-order valence-electron chi connectivity index (χ1n) is 9.69. The molecule has 6 heteroatoms. The Kier molecular flexibility index (Phi) is 5.32. The maximum atomic E-state index is 12.8. The number of likely N-dealkylation sites (tertiary alicyclic amines) is 1. The number of halogens is 3. The van der Waals surface area contributed by atoms with Crippen LogP contribution in [-0.4, -0.2) is 36.5 Å². The van der Waals surface area contributed by atoms with Crippen molar-refractivity contribution in [3.05, 3.63) is 35.4 Å². The lowest BCUT2D eigenvalue weighted by Gasteiger charge is -2.34. The van der Waals surface area contributed by atoms with Gasteiger partial charge in [0, 0.05) is 11.6 Å². The highest BCUT2D eigenvalue weighted by atomic mass is 19.4. The van der Waals surface area contributed by atoms with Crippen LogP contribution in [0, 0.1) is 10.8 Å². The maximum absolute atomic E-state index is 12.8. The second kappa shape index (κ2) is 7.12. The summed E-state index contributed by atoms with van der Waals surface area (Å²) in [6.45, 7) is 9.91. The third-order valence-electron chi connectivity index (χ3n) is 5.98. The Morgan fingerprint density at radius 1 is 1.22 bits per heavy atom. The van der Waals surface area contributed by atoms with Crippen LogP contribution in [0.15, 0.2) is 24.3 Å². The zero-order valence-electron chi connectivity index (χ0n) is 16.3. The highest BCUT2D eigenvalue weighted by molar-refractivity contribution is 5.94. The predicted octanol–water partition coefficient (Wildman–Crippen LogP) is 4.73. The van der Waals surface area contributed by atoms with Crippen molar-refractivity contribution < 1.29 is 18.0 Å². The van der Waals surface area contributed by atoms with Gasteiger partial charge in [-0.05, 0) is 74.3 Å². The number of benzene rings is 1. The lowest BCUT2D eigenvalue weighted by molar-refractivity contribution is -0.137. The Bertz CT molecular complexity index is 685. The van der Waals surface area contributed by atoms with Crippen LogP contribution in [0.5, 0.6) is 0 Å². The summed E-state index contributed by atoms with van der Waals surface area (Å²) in [7, 11) is 0. The molecule has 2 aliphatic rings. The molecule has 1 aliphatic heterocycles. The number of carbonyl (C=O) groups excluding carboxylic acids is 1. The Morgan fingerprint density at radius 3 is 2.48 bits per heavy atom. The van der Waals surface area contributed by atoms with Crippen LogP contribution in [0.4, 0.5) is 13.2 Å². The van der Waals surface area contributed by atoms with Crippen molar-refractivity contribution in [2.75, 3.05) is 19.6 Å². The lowest BCUT2D eigenvalue weighted by atomic mass is 9.89. The van der Waals surface area contributed by atoms with E-state index in [-0.39, 0.29) is 17.0 Å². The molecule has 1 saturated carbocycles. The van der Waals surface area contributed by atoms with Gasteiger partial charge in [-0.15, -0.1) is 0 Å². The van der Waals surface area contributed by atoms with Crippen molar-refractivity contribution in [1.82, 2.24) is 10.2 Å². The van der Waals surface area contributed by atoms with Gasteiger partial charge < -0.3 is 10.2 Å². The normalized spacial score (nSPS) is 22.7. The summed E-state index contributed by atoms with van der Waals surface area (Å²) < 4.78 is 38.5. The maximum Gasteiger partial charge on any atom is 0.416 e. The molecule has 1 heterocycles. The number of hydrogen-bond acceptors (Lipinski definition) is 2. The molecular formula is C21H29F3N2O. The van der Waals surface area contributed by atoms with Crippen molar-refractivity contribution in [1.29, 1.82) is 0 Å². The van der Waals surface area contributed by atoms with Crippen molar-refractivity contribution >= 4 is 5.91 Å². The Labute approximate surface area is 159 Å². The molecule has 0 aromatic heterocycles. The van der Waals surface area contributed by atoms with Gasteiger partial charge in [0.05, 0.1) is 5.56 Å². The fraction of sp³-hybridized carbons (Fsp3) is 0.667. The van der Waals surface area contributed by atoms with E-state index in [1.807, 2.05) is 0 Å². The summed E-state index contributed by atoms with van der Waals surface area (Å²) in [5, 5.41) is 2.96. The van der Waals surface area contributed by atoms with E-state index < -0.39 is 17.6 Å². The number of nitrogens with zero attached hydrogens (tertiary/aromatic N) is 1. The van der Waals surface area contributed by atoms with E-state index in [9.17, 15) is 18.0 Å². The number of hydrogen-bond donors (Lipinski definition) is 1. The van der Waals surface area contributed by atoms with Crippen LogP contribution in [0.1, 0.15) is 62.4 Å². The van der Waals surface area contributed by atoms with Gasteiger partial charge in [0.1, 0.15) is 0 Å². The van der Waals surface area contributed by atoms with Crippen LogP contribution in [0.25, 0.3) is 0 Å². The largest absolute Gasteiger partial charge is 0.416 e. The van der Waals surface area contributed by atoms with Gasteiger partial charge in [0.25, 0.3) is 5.91 Å². The molecule has 1 spiro atoms. The topological polar surface area (TPSA) is 32.3 Å². The van der Waals surface area contributed by atoms with Crippen molar-refractivity contribution in [2.45, 2.75) is 58.7 Å². The van der Waals surface area contributed by atoms with E-state index in [1.165, 1.54) is 12.1 Å². The predicted molar refractivity (Wildman–Crippen MR) is 99.5 cm³/mol. The third kappa shape index (κ3) is 5.03. The molecule has 1 aromatic rings. The summed E-state index contributed by atoms with van der Waals surface area (Å²) in [4.78, 5) is 14.9. The highest BCUT2D eigenvalue weighted by Crippen LogP contribution is 2.54. The first kappa shape index (κ1) is 20.2. The van der Waals surface area contributed by atoms with Gasteiger partial charge in [-0.25, -0.2) is 0 Å². The third-order valence-corrected chi connectivity index (χ3v) is 5.98. The average Bonchev–Trinajstić information content (AvgIpc) is 3.24. The van der Waals surface area contributed by atoms with Crippen molar-refractivity contribution in [3.8, 4) is 0 Å². The summed E-state index contributed by atoms with van der Waals surface area (Å²) in [5.74, 6) is -0.405. The Balaban J connectivity index is 1.51. The first-order valence-corrected chi connectivity index (χ1v) is 9.69. The number of piperidine rings is 1. The van der Waals surface area contributed by atoms with Crippen LogP contribution in [0.3, 0.4) is 0 Å². The number of rotatable bonds is 4. The molecule has 0 radical (unpaired) electrons. The molecule has 2 fully saturated rings. The van der Waals surface area contributed by atoms with E-state index in [4.69, 9.17) is 0 Å². The highest BCUT2D eigenvalue weighted by Gasteiger charge is 2.55. The van der Waals surface area contributed by atoms with E-state index >= 15 is 0 Å². The summed E-state index contributed by atoms with van der Waals surface area (Å²) >= 11 is 0. The molecule has 1 saturated heterocycles. The van der Waals surface area contributed by atoms with Crippen LogP contribution >= 0.6 is 0 Å². The smallest absolute Gasteiger partial charge is 0.349 e. The quantitative estimate of drug-likeness (QED) is 0.817. The summed E-state index contributed by atoms with van der Waals surface area (Å²) in [6, 6.07) is 4.73. The molecule has 3 rings (SSSR count).